The van der Waals surface area contributed by atoms with Crippen molar-refractivity contribution in [2.75, 3.05) is 11.9 Å². The number of alkyl halides is 3. The number of hydrogen-bond acceptors (Lipinski definition) is 7. The van der Waals surface area contributed by atoms with Gasteiger partial charge in [-0.25, -0.2) is 9.78 Å². The summed E-state index contributed by atoms with van der Waals surface area (Å²) in [6.07, 6.45) is -1.34. The van der Waals surface area contributed by atoms with Crippen molar-refractivity contribution in [3.05, 3.63) is 58.2 Å². The van der Waals surface area contributed by atoms with Crippen LogP contribution >= 0.6 is 0 Å². The van der Waals surface area contributed by atoms with E-state index in [0.29, 0.717) is 6.07 Å². The lowest BCUT2D eigenvalue weighted by atomic mass is 10.1. The highest BCUT2D eigenvalue weighted by molar-refractivity contribution is 5.95. The Morgan fingerprint density at radius 1 is 1.27 bits per heavy atom. The van der Waals surface area contributed by atoms with Crippen LogP contribution in [0.25, 0.3) is 0 Å². The molecule has 12 heteroatoms. The summed E-state index contributed by atoms with van der Waals surface area (Å²) in [4.78, 5) is 40.2. The molecule has 136 valence electrons. The highest BCUT2D eigenvalue weighted by Gasteiger charge is 2.35. The summed E-state index contributed by atoms with van der Waals surface area (Å²) in [7, 11) is 0. The zero-order valence-electron chi connectivity index (χ0n) is 12.7. The minimum atomic E-state index is -4.94. The van der Waals surface area contributed by atoms with Crippen LogP contribution in [-0.2, 0) is 15.7 Å². The van der Waals surface area contributed by atoms with Crippen LogP contribution in [0.5, 0.6) is 0 Å². The number of carbonyl (C=O) groups excluding carboxylic acids is 2. The molecule has 2 rings (SSSR count). The number of amides is 1. The number of rotatable bonds is 5. The number of aromatic nitrogens is 2. The molecule has 1 aromatic carbocycles. The van der Waals surface area contributed by atoms with E-state index in [1.165, 1.54) is 12.4 Å². The normalized spacial score (nSPS) is 10.9. The third kappa shape index (κ3) is 4.72. The lowest BCUT2D eigenvalue weighted by molar-refractivity contribution is -0.385. The van der Waals surface area contributed by atoms with Crippen LogP contribution in [0.4, 0.5) is 24.5 Å². The molecular formula is C14H9F3N4O5. The maximum absolute atomic E-state index is 13.0. The molecule has 0 fully saturated rings. The molecule has 26 heavy (non-hydrogen) atoms. The molecule has 0 aliphatic carbocycles. The Balaban J connectivity index is 2.09. The molecule has 0 saturated carbocycles. The molecule has 1 aromatic heterocycles. The molecule has 0 atom stereocenters. The van der Waals surface area contributed by atoms with Crippen LogP contribution in [0.15, 0.2) is 36.8 Å². The molecule has 0 bridgehead atoms. The first-order valence-electron chi connectivity index (χ1n) is 6.77. The van der Waals surface area contributed by atoms with Crippen molar-refractivity contribution < 1.29 is 32.4 Å². The first kappa shape index (κ1) is 18.8. The number of nitrogens with one attached hydrogen (secondary N) is 1. The Bertz CT molecular complexity index is 842. The van der Waals surface area contributed by atoms with Gasteiger partial charge in [-0.05, 0) is 6.07 Å². The molecular weight excluding hydrogens is 361 g/mol. The number of halogens is 3. The van der Waals surface area contributed by atoms with E-state index in [-0.39, 0.29) is 5.69 Å². The highest BCUT2D eigenvalue weighted by Crippen LogP contribution is 2.37. The maximum Gasteiger partial charge on any atom is 0.418 e. The van der Waals surface area contributed by atoms with E-state index in [1.807, 2.05) is 5.32 Å². The fourth-order valence-corrected chi connectivity index (χ4v) is 1.79. The molecule has 2 aromatic rings. The predicted molar refractivity (Wildman–Crippen MR) is 79.0 cm³/mol. The molecule has 0 aliphatic heterocycles. The molecule has 1 heterocycles. The monoisotopic (exact) mass is 370 g/mol. The number of ether oxygens (including phenoxy) is 1. The Hall–Kier alpha value is -3.57. The summed E-state index contributed by atoms with van der Waals surface area (Å²) < 4.78 is 43.6. The number of anilines is 1. The van der Waals surface area contributed by atoms with Crippen molar-refractivity contribution in [1.82, 2.24) is 9.97 Å². The maximum atomic E-state index is 13.0. The van der Waals surface area contributed by atoms with Crippen molar-refractivity contribution in [3.8, 4) is 0 Å². The standard InChI is InChI=1S/C14H9F3N4O5/c15-14(16,17)9-5-8(21(24)25)1-2-10(9)20-12(22)7-26-13(23)11-6-18-3-4-19-11/h1-6H,7H2,(H,20,22). The van der Waals surface area contributed by atoms with Crippen molar-refractivity contribution in [2.45, 2.75) is 6.18 Å². The number of carbonyl (C=O) groups is 2. The van der Waals surface area contributed by atoms with E-state index in [2.05, 4.69) is 14.7 Å². The largest absolute Gasteiger partial charge is 0.451 e. The van der Waals surface area contributed by atoms with Crippen molar-refractivity contribution >= 4 is 23.3 Å². The van der Waals surface area contributed by atoms with Crippen molar-refractivity contribution in [3.63, 3.8) is 0 Å². The van der Waals surface area contributed by atoms with Gasteiger partial charge in [0.05, 0.1) is 22.4 Å². The highest BCUT2D eigenvalue weighted by atomic mass is 19.4. The minimum absolute atomic E-state index is 0.188. The van der Waals surface area contributed by atoms with Gasteiger partial charge in [0, 0.05) is 24.5 Å². The van der Waals surface area contributed by atoms with Crippen molar-refractivity contribution in [1.29, 1.82) is 0 Å². The Labute approximate surface area is 143 Å². The summed E-state index contributed by atoms with van der Waals surface area (Å²) in [5, 5.41) is 12.5. The van der Waals surface area contributed by atoms with Crippen LogP contribution < -0.4 is 5.32 Å². The molecule has 9 nitrogen and oxygen atoms in total. The second kappa shape index (κ2) is 7.55. The predicted octanol–water partition coefficient (Wildman–Crippen LogP) is 2.20. The fraction of sp³-hybridized carbons (Fsp3) is 0.143. The van der Waals surface area contributed by atoms with Crippen LogP contribution in [0.1, 0.15) is 16.1 Å². The minimum Gasteiger partial charge on any atom is -0.451 e. The topological polar surface area (TPSA) is 124 Å². The van der Waals surface area contributed by atoms with E-state index < -0.39 is 46.5 Å². The van der Waals surface area contributed by atoms with E-state index in [0.717, 1.165) is 18.3 Å². The van der Waals surface area contributed by atoms with Gasteiger partial charge in [-0.2, -0.15) is 13.2 Å². The fourth-order valence-electron chi connectivity index (χ4n) is 1.79. The Kier molecular flexibility index (Phi) is 5.45. The second-order valence-corrected chi connectivity index (χ2v) is 4.70. The number of nitro groups is 1. The van der Waals surface area contributed by atoms with E-state index in [9.17, 15) is 32.9 Å². The number of hydrogen-bond donors (Lipinski definition) is 1. The molecule has 0 saturated heterocycles. The van der Waals surface area contributed by atoms with Gasteiger partial charge in [0.1, 0.15) is 0 Å². The molecule has 0 aliphatic rings. The van der Waals surface area contributed by atoms with Gasteiger partial charge in [-0.3, -0.25) is 19.9 Å². The molecule has 0 spiro atoms. The third-order valence-electron chi connectivity index (χ3n) is 2.90. The quantitative estimate of drug-likeness (QED) is 0.486. The van der Waals surface area contributed by atoms with E-state index >= 15 is 0 Å². The van der Waals surface area contributed by atoms with Crippen LogP contribution in [0.3, 0.4) is 0 Å². The lowest BCUT2D eigenvalue weighted by Gasteiger charge is -2.13. The zero-order valence-corrected chi connectivity index (χ0v) is 12.7. The number of benzene rings is 1. The molecule has 0 radical (unpaired) electrons. The van der Waals surface area contributed by atoms with Crippen LogP contribution in [0, 0.1) is 10.1 Å². The molecule has 0 unspecified atom stereocenters. The number of nitro benzene ring substituents is 1. The van der Waals surface area contributed by atoms with Crippen molar-refractivity contribution in [2.24, 2.45) is 0 Å². The van der Waals surface area contributed by atoms with Crippen LogP contribution in [-0.4, -0.2) is 33.4 Å². The average Bonchev–Trinajstić information content (AvgIpc) is 2.59. The van der Waals surface area contributed by atoms with Gasteiger partial charge in [-0.15, -0.1) is 0 Å². The smallest absolute Gasteiger partial charge is 0.418 e. The van der Waals surface area contributed by atoms with Gasteiger partial charge in [-0.1, -0.05) is 0 Å². The molecule has 1 amide bonds. The third-order valence-corrected chi connectivity index (χ3v) is 2.90. The van der Waals surface area contributed by atoms with Gasteiger partial charge in [0.25, 0.3) is 11.6 Å². The summed E-state index contributed by atoms with van der Waals surface area (Å²) in [6.45, 7) is -0.885. The molecule has 1 N–H and O–H groups in total. The van der Waals surface area contributed by atoms with Gasteiger partial charge in [0.2, 0.25) is 0 Å². The SMILES string of the molecule is O=C(COC(=O)c1cnccn1)Nc1ccc([N+](=O)[O-])cc1C(F)(F)F. The van der Waals surface area contributed by atoms with Gasteiger partial charge >= 0.3 is 12.1 Å². The lowest BCUT2D eigenvalue weighted by Crippen LogP contribution is -2.23. The summed E-state index contributed by atoms with van der Waals surface area (Å²) >= 11 is 0. The number of nitrogens with zero attached hydrogens (tertiary/aromatic N) is 3. The average molecular weight is 370 g/mol. The Morgan fingerprint density at radius 2 is 2.00 bits per heavy atom. The first-order valence-corrected chi connectivity index (χ1v) is 6.77. The first-order chi connectivity index (χ1) is 12.2. The summed E-state index contributed by atoms with van der Waals surface area (Å²) in [6, 6.07) is 1.83. The van der Waals surface area contributed by atoms with Gasteiger partial charge in [0.15, 0.2) is 12.3 Å². The van der Waals surface area contributed by atoms with E-state index in [1.54, 1.807) is 0 Å². The number of non-ortho nitro benzene ring substituents is 1. The zero-order chi connectivity index (χ0) is 19.3. The second-order valence-electron chi connectivity index (χ2n) is 4.70. The summed E-state index contributed by atoms with van der Waals surface area (Å²) in [5.41, 5.74) is -3.08. The number of esters is 1. The van der Waals surface area contributed by atoms with Crippen LogP contribution in [0.2, 0.25) is 0 Å². The van der Waals surface area contributed by atoms with E-state index in [4.69, 9.17) is 0 Å². The summed E-state index contributed by atoms with van der Waals surface area (Å²) in [5.74, 6) is -2.06. The van der Waals surface area contributed by atoms with Gasteiger partial charge < -0.3 is 10.1 Å². The Morgan fingerprint density at radius 3 is 2.58 bits per heavy atom.